The number of carbonyl (C=O) groups is 1. The molecule has 3 nitrogen and oxygen atoms in total. The molecule has 0 aromatic heterocycles. The van der Waals surface area contributed by atoms with Crippen LogP contribution in [0.3, 0.4) is 0 Å². The molecule has 0 aromatic carbocycles. The third-order valence-electron chi connectivity index (χ3n) is 1.83. The lowest BCUT2D eigenvalue weighted by atomic mass is 10.1. The molecule has 1 amide bonds. The van der Waals surface area contributed by atoms with Crippen LogP contribution in [0.2, 0.25) is 0 Å². The highest BCUT2D eigenvalue weighted by atomic mass is 16.6. The van der Waals surface area contributed by atoms with Crippen LogP contribution >= 0.6 is 0 Å². The van der Waals surface area contributed by atoms with Gasteiger partial charge in [0.1, 0.15) is 5.76 Å². The Balaban J connectivity index is 2.39. The molecule has 68 valence electrons. The minimum absolute atomic E-state index is 0.275. The summed E-state index contributed by atoms with van der Waals surface area (Å²) in [4.78, 5) is 12.5. The molecule has 0 N–H and O–H groups in total. The van der Waals surface area contributed by atoms with Crippen molar-refractivity contribution in [2.75, 3.05) is 14.1 Å². The molecule has 0 saturated heterocycles. The molecule has 0 fully saturated rings. The first-order chi connectivity index (χ1) is 5.70. The Bertz CT molecular complexity index is 197. The first-order valence-electron chi connectivity index (χ1n) is 4.28. The Morgan fingerprint density at radius 3 is 2.75 bits per heavy atom. The molecule has 0 radical (unpaired) electrons. The molecular weight excluding hydrogens is 154 g/mol. The van der Waals surface area contributed by atoms with E-state index in [1.807, 2.05) is 6.08 Å². The molecule has 0 aromatic rings. The van der Waals surface area contributed by atoms with Crippen LogP contribution in [0.15, 0.2) is 11.8 Å². The minimum Gasteiger partial charge on any atom is -0.415 e. The smallest absolute Gasteiger partial charge is 0.414 e. The van der Waals surface area contributed by atoms with Crippen LogP contribution in [0.4, 0.5) is 4.79 Å². The zero-order valence-electron chi connectivity index (χ0n) is 7.67. The van der Waals surface area contributed by atoms with Gasteiger partial charge in [0.05, 0.1) is 0 Å². The third kappa shape index (κ3) is 2.57. The summed E-state index contributed by atoms with van der Waals surface area (Å²) in [5.41, 5.74) is 0. The Morgan fingerprint density at radius 1 is 1.50 bits per heavy atom. The van der Waals surface area contributed by atoms with Crippen molar-refractivity contribution in [3.05, 3.63) is 11.8 Å². The molecule has 0 aliphatic heterocycles. The fourth-order valence-electron chi connectivity index (χ4n) is 1.10. The second kappa shape index (κ2) is 4.14. The Kier molecular flexibility index (Phi) is 3.14. The standard InChI is InChI=1S/C9H15NO2/c1-10(2)9(11)12-8-6-4-3-5-7-8/h6H,3-5,7H2,1-2H3. The van der Waals surface area contributed by atoms with Gasteiger partial charge < -0.3 is 9.64 Å². The summed E-state index contributed by atoms with van der Waals surface area (Å²) in [7, 11) is 3.37. The molecule has 3 heteroatoms. The number of carbonyl (C=O) groups excluding carboxylic acids is 1. The maximum atomic E-state index is 11.1. The van der Waals surface area contributed by atoms with Gasteiger partial charge in [0.15, 0.2) is 0 Å². The molecule has 0 atom stereocenters. The van der Waals surface area contributed by atoms with Crippen molar-refractivity contribution in [2.45, 2.75) is 25.7 Å². The molecule has 1 aliphatic rings. The lowest BCUT2D eigenvalue weighted by Crippen LogP contribution is -2.22. The van der Waals surface area contributed by atoms with Gasteiger partial charge in [0, 0.05) is 20.5 Å². The van der Waals surface area contributed by atoms with Gasteiger partial charge in [-0.3, -0.25) is 0 Å². The fraction of sp³-hybridized carbons (Fsp3) is 0.667. The van der Waals surface area contributed by atoms with Gasteiger partial charge in [-0.2, -0.15) is 0 Å². The molecule has 12 heavy (non-hydrogen) atoms. The Labute approximate surface area is 73.0 Å². The average molecular weight is 169 g/mol. The van der Waals surface area contributed by atoms with E-state index in [1.54, 1.807) is 14.1 Å². The van der Waals surface area contributed by atoms with Crippen molar-refractivity contribution in [1.82, 2.24) is 4.90 Å². The quantitative estimate of drug-likeness (QED) is 0.602. The molecule has 0 unspecified atom stereocenters. The predicted octanol–water partition coefficient (Wildman–Crippen LogP) is 2.14. The van der Waals surface area contributed by atoms with Crippen LogP contribution in [0.25, 0.3) is 0 Å². The highest BCUT2D eigenvalue weighted by Crippen LogP contribution is 2.18. The van der Waals surface area contributed by atoms with E-state index in [0.717, 1.165) is 25.0 Å². The fourth-order valence-corrected chi connectivity index (χ4v) is 1.10. The van der Waals surface area contributed by atoms with Gasteiger partial charge >= 0.3 is 6.09 Å². The van der Waals surface area contributed by atoms with Crippen LogP contribution in [0.5, 0.6) is 0 Å². The van der Waals surface area contributed by atoms with Gasteiger partial charge in [-0.25, -0.2) is 4.79 Å². The van der Waals surface area contributed by atoms with E-state index in [0.29, 0.717) is 0 Å². The Morgan fingerprint density at radius 2 is 2.25 bits per heavy atom. The van der Waals surface area contributed by atoms with Crippen molar-refractivity contribution in [2.24, 2.45) is 0 Å². The summed E-state index contributed by atoms with van der Waals surface area (Å²) in [6, 6.07) is 0. The first-order valence-corrected chi connectivity index (χ1v) is 4.28. The minimum atomic E-state index is -0.275. The summed E-state index contributed by atoms with van der Waals surface area (Å²) in [6.45, 7) is 0. The second-order valence-electron chi connectivity index (χ2n) is 3.18. The number of hydrogen-bond acceptors (Lipinski definition) is 2. The third-order valence-corrected chi connectivity index (χ3v) is 1.83. The van der Waals surface area contributed by atoms with Gasteiger partial charge in [-0.15, -0.1) is 0 Å². The van der Waals surface area contributed by atoms with Gasteiger partial charge in [0.2, 0.25) is 0 Å². The Hall–Kier alpha value is -0.990. The normalized spacial score (nSPS) is 16.7. The SMILES string of the molecule is CN(C)C(=O)OC1=CCCCC1. The average Bonchev–Trinajstić information content (AvgIpc) is 2.06. The maximum absolute atomic E-state index is 11.1. The molecular formula is C9H15NO2. The molecule has 0 bridgehead atoms. The summed E-state index contributed by atoms with van der Waals surface area (Å²) >= 11 is 0. The monoisotopic (exact) mass is 169 g/mol. The van der Waals surface area contributed by atoms with E-state index in [9.17, 15) is 4.79 Å². The number of ether oxygens (including phenoxy) is 1. The van der Waals surface area contributed by atoms with Crippen molar-refractivity contribution < 1.29 is 9.53 Å². The van der Waals surface area contributed by atoms with E-state index in [2.05, 4.69) is 0 Å². The van der Waals surface area contributed by atoms with Gasteiger partial charge in [-0.05, 0) is 25.3 Å². The molecule has 1 rings (SSSR count). The largest absolute Gasteiger partial charge is 0.415 e. The number of amides is 1. The first kappa shape index (κ1) is 9.10. The summed E-state index contributed by atoms with van der Waals surface area (Å²) in [5.74, 6) is 0.833. The molecule has 0 spiro atoms. The summed E-state index contributed by atoms with van der Waals surface area (Å²) in [5, 5.41) is 0. The van der Waals surface area contributed by atoms with E-state index in [-0.39, 0.29) is 6.09 Å². The second-order valence-corrected chi connectivity index (χ2v) is 3.18. The molecule has 0 saturated carbocycles. The van der Waals surface area contributed by atoms with Crippen molar-refractivity contribution >= 4 is 6.09 Å². The molecule has 1 aliphatic carbocycles. The molecule has 0 heterocycles. The number of rotatable bonds is 1. The topological polar surface area (TPSA) is 29.5 Å². The number of hydrogen-bond donors (Lipinski definition) is 0. The van der Waals surface area contributed by atoms with Gasteiger partial charge in [-0.1, -0.05) is 0 Å². The lowest BCUT2D eigenvalue weighted by Gasteiger charge is -2.15. The summed E-state index contributed by atoms with van der Waals surface area (Å²) in [6.07, 6.45) is 6.01. The van der Waals surface area contributed by atoms with Crippen molar-refractivity contribution in [3.8, 4) is 0 Å². The van der Waals surface area contributed by atoms with Crippen molar-refractivity contribution in [1.29, 1.82) is 0 Å². The zero-order chi connectivity index (χ0) is 8.97. The van der Waals surface area contributed by atoms with Crippen molar-refractivity contribution in [3.63, 3.8) is 0 Å². The predicted molar refractivity (Wildman–Crippen MR) is 46.7 cm³/mol. The number of allylic oxidation sites excluding steroid dienone is 2. The van der Waals surface area contributed by atoms with Crippen LogP contribution in [0.1, 0.15) is 25.7 Å². The van der Waals surface area contributed by atoms with Gasteiger partial charge in [0.25, 0.3) is 0 Å². The van der Waals surface area contributed by atoms with E-state index >= 15 is 0 Å². The highest BCUT2D eigenvalue weighted by molar-refractivity contribution is 5.68. The van der Waals surface area contributed by atoms with Crippen LogP contribution in [-0.2, 0) is 4.74 Å². The van der Waals surface area contributed by atoms with E-state index in [1.165, 1.54) is 11.3 Å². The lowest BCUT2D eigenvalue weighted by molar-refractivity contribution is 0.142. The number of nitrogens with zero attached hydrogens (tertiary/aromatic N) is 1. The van der Waals surface area contributed by atoms with E-state index < -0.39 is 0 Å². The highest BCUT2D eigenvalue weighted by Gasteiger charge is 2.10. The van der Waals surface area contributed by atoms with E-state index in [4.69, 9.17) is 4.74 Å². The van der Waals surface area contributed by atoms with Crippen LogP contribution in [-0.4, -0.2) is 25.1 Å². The zero-order valence-corrected chi connectivity index (χ0v) is 7.67. The summed E-state index contributed by atoms with van der Waals surface area (Å²) < 4.78 is 5.10. The van der Waals surface area contributed by atoms with Crippen LogP contribution in [0, 0.1) is 0 Å². The van der Waals surface area contributed by atoms with Crippen LogP contribution < -0.4 is 0 Å². The maximum Gasteiger partial charge on any atom is 0.414 e.